The predicted octanol–water partition coefficient (Wildman–Crippen LogP) is 9.20. The average molecular weight is 676 g/mol. The molecule has 0 heterocycles. The van der Waals surface area contributed by atoms with Crippen LogP contribution >= 0.6 is 8.03 Å². The Kier molecular flexibility index (Phi) is 11.6. The first-order chi connectivity index (χ1) is 22.1. The second kappa shape index (κ2) is 14.9. The van der Waals surface area contributed by atoms with Crippen molar-refractivity contribution in [3.63, 3.8) is 0 Å². The van der Waals surface area contributed by atoms with Crippen LogP contribution in [-0.4, -0.2) is 29.2 Å². The van der Waals surface area contributed by atoms with Gasteiger partial charge >= 0.3 is 14.0 Å². The lowest BCUT2D eigenvalue weighted by Gasteiger charge is -2.42. The van der Waals surface area contributed by atoms with E-state index in [0.717, 1.165) is 29.6 Å². The Hall–Kier alpha value is -3.22. The smallest absolute Gasteiger partial charge is 0.424 e. The minimum Gasteiger partial charge on any atom is -0.424 e. The van der Waals surface area contributed by atoms with Crippen LogP contribution in [0.4, 0.5) is 4.39 Å². The van der Waals surface area contributed by atoms with Crippen LogP contribution in [0.25, 0.3) is 6.08 Å². The summed E-state index contributed by atoms with van der Waals surface area (Å²) in [5, 5.41) is 0. The van der Waals surface area contributed by atoms with Gasteiger partial charge in [0.2, 0.25) is 0 Å². The fourth-order valence-electron chi connectivity index (χ4n) is 7.06. The van der Waals surface area contributed by atoms with Crippen molar-refractivity contribution in [1.82, 2.24) is 0 Å². The molecule has 47 heavy (non-hydrogen) atoms. The standard InChI is InChI=1S/C39H49FO5PSi/c1-36(2,3)34(39(45-47,30-14-10-8-11-15-30)35(41)44-32-16-12-9-13-17-32)26-46(42)43-25-29(24-28-18-20-31(40)21-19-28)33-22-23-37(4,5)27-38(33,6)7/h8-22,24,34H,23,25-27H2,1-7,47H3/q+1. The van der Waals surface area contributed by atoms with E-state index in [1.807, 2.05) is 63.2 Å². The molecule has 0 aromatic heterocycles. The highest BCUT2D eigenvalue weighted by Gasteiger charge is 2.56. The fraction of sp³-hybridized carbons (Fsp3) is 0.410. The van der Waals surface area contributed by atoms with Crippen LogP contribution in [-0.2, 0) is 23.9 Å². The molecule has 3 unspecified atom stereocenters. The van der Waals surface area contributed by atoms with Gasteiger partial charge in [-0.25, -0.2) is 9.18 Å². The molecule has 3 aromatic rings. The van der Waals surface area contributed by atoms with E-state index in [1.165, 1.54) is 12.1 Å². The number of hydrogen-bond acceptors (Lipinski definition) is 5. The average Bonchev–Trinajstić information content (AvgIpc) is 3.00. The number of carbonyl (C=O) groups is 1. The van der Waals surface area contributed by atoms with Gasteiger partial charge in [-0.2, -0.15) is 0 Å². The third-order valence-corrected chi connectivity index (χ3v) is 10.8. The van der Waals surface area contributed by atoms with E-state index >= 15 is 0 Å². The van der Waals surface area contributed by atoms with Crippen LogP contribution in [0.3, 0.4) is 0 Å². The number of ether oxygens (including phenoxy) is 1. The number of esters is 1. The van der Waals surface area contributed by atoms with Crippen LogP contribution in [0, 0.1) is 28.0 Å². The van der Waals surface area contributed by atoms with Crippen LogP contribution in [0.2, 0.25) is 0 Å². The van der Waals surface area contributed by atoms with Gasteiger partial charge in [0.15, 0.2) is 11.8 Å². The molecule has 0 N–H and O–H groups in total. The molecule has 0 radical (unpaired) electrons. The maximum absolute atomic E-state index is 14.3. The molecular weight excluding hydrogens is 626 g/mol. The van der Waals surface area contributed by atoms with Crippen LogP contribution in [0.1, 0.15) is 72.4 Å². The van der Waals surface area contributed by atoms with Crippen molar-refractivity contribution in [2.45, 2.75) is 66.9 Å². The molecule has 3 aromatic carbocycles. The molecule has 0 bridgehead atoms. The molecule has 1 aliphatic rings. The summed E-state index contributed by atoms with van der Waals surface area (Å²) in [7, 11) is -2.03. The van der Waals surface area contributed by atoms with Gasteiger partial charge in [-0.1, -0.05) is 115 Å². The Balaban J connectivity index is 1.68. The first kappa shape index (κ1) is 36.6. The molecule has 0 saturated carbocycles. The van der Waals surface area contributed by atoms with Crippen molar-refractivity contribution in [2.75, 3.05) is 12.8 Å². The lowest BCUT2D eigenvalue weighted by molar-refractivity contribution is -0.162. The molecule has 8 heteroatoms. The Morgan fingerprint density at radius 3 is 2.11 bits per heavy atom. The van der Waals surface area contributed by atoms with E-state index in [1.54, 1.807) is 36.4 Å². The SMILES string of the molecule is CC1(C)CC=C(C(=Cc2ccc(F)cc2)CO[P+](=O)CC(C(C)(C)C)C(O[SiH3])(C(=O)Oc2ccccc2)c2ccccc2)C(C)(C)C1. The second-order valence-electron chi connectivity index (χ2n) is 15.0. The van der Waals surface area contributed by atoms with Crippen LogP contribution in [0.5, 0.6) is 5.75 Å². The molecular formula is C39H49FO5PSi+. The third kappa shape index (κ3) is 9.02. The molecule has 0 fully saturated rings. The van der Waals surface area contributed by atoms with Gasteiger partial charge in [0, 0.05) is 0 Å². The van der Waals surface area contributed by atoms with Crippen molar-refractivity contribution in [3.8, 4) is 5.75 Å². The maximum atomic E-state index is 14.3. The van der Waals surface area contributed by atoms with E-state index in [0.29, 0.717) is 11.3 Å². The zero-order valence-corrected chi connectivity index (χ0v) is 31.9. The number of allylic oxidation sites excluding steroid dienone is 1. The summed E-state index contributed by atoms with van der Waals surface area (Å²) in [6, 6.07) is 24.6. The van der Waals surface area contributed by atoms with Crippen molar-refractivity contribution < 1.29 is 27.4 Å². The molecule has 4 rings (SSSR count). The number of para-hydroxylation sites is 1. The van der Waals surface area contributed by atoms with Gasteiger partial charge < -0.3 is 9.16 Å². The summed E-state index contributed by atoms with van der Waals surface area (Å²) in [6.07, 6.45) is 6.22. The van der Waals surface area contributed by atoms with Gasteiger partial charge in [-0.3, -0.25) is 0 Å². The van der Waals surface area contributed by atoms with Gasteiger partial charge in [0.05, 0.1) is 5.92 Å². The topological polar surface area (TPSA) is 61.8 Å². The normalized spacial score (nSPS) is 18.5. The van der Waals surface area contributed by atoms with Gasteiger partial charge in [0.25, 0.3) is 0 Å². The van der Waals surface area contributed by atoms with E-state index in [4.69, 9.17) is 13.7 Å². The molecule has 0 spiro atoms. The van der Waals surface area contributed by atoms with E-state index in [9.17, 15) is 13.8 Å². The molecule has 0 aliphatic heterocycles. The van der Waals surface area contributed by atoms with Crippen molar-refractivity contribution in [2.24, 2.45) is 22.2 Å². The Bertz CT molecular complexity index is 1590. The summed E-state index contributed by atoms with van der Waals surface area (Å²) < 4.78 is 46.3. The summed E-state index contributed by atoms with van der Waals surface area (Å²) in [4.78, 5) is 14.3. The number of carbonyl (C=O) groups excluding carboxylic acids is 1. The highest BCUT2D eigenvalue weighted by molar-refractivity contribution is 7.39. The lowest BCUT2D eigenvalue weighted by atomic mass is 9.63. The Morgan fingerprint density at radius 1 is 0.957 bits per heavy atom. The molecule has 1 aliphatic carbocycles. The Labute approximate surface area is 284 Å². The predicted molar refractivity (Wildman–Crippen MR) is 192 cm³/mol. The van der Waals surface area contributed by atoms with Gasteiger partial charge in [-0.05, 0) is 86.3 Å². The van der Waals surface area contributed by atoms with Crippen LogP contribution in [0.15, 0.2) is 102 Å². The van der Waals surface area contributed by atoms with Crippen molar-refractivity contribution >= 4 is 30.6 Å². The lowest BCUT2D eigenvalue weighted by Crippen LogP contribution is -2.53. The minimum atomic E-state index is -2.26. The number of benzene rings is 3. The third-order valence-electron chi connectivity index (χ3n) is 9.08. The summed E-state index contributed by atoms with van der Waals surface area (Å²) in [5.74, 6) is -1.01. The number of halogens is 1. The Morgan fingerprint density at radius 2 is 1.55 bits per heavy atom. The summed E-state index contributed by atoms with van der Waals surface area (Å²) in [6.45, 7) is 15.2. The number of hydrogen-bond donors (Lipinski definition) is 0. The van der Waals surface area contributed by atoms with Gasteiger partial charge in [-0.15, -0.1) is 4.52 Å². The highest BCUT2D eigenvalue weighted by atomic mass is 31.1. The minimum absolute atomic E-state index is 0.0686. The van der Waals surface area contributed by atoms with Crippen molar-refractivity contribution in [1.29, 1.82) is 0 Å². The quantitative estimate of drug-likeness (QED) is 0.0829. The molecule has 3 atom stereocenters. The van der Waals surface area contributed by atoms with E-state index in [-0.39, 0.29) is 39.9 Å². The number of rotatable bonds is 12. The largest absolute Gasteiger partial charge is 0.508 e. The van der Waals surface area contributed by atoms with E-state index in [2.05, 4.69) is 33.8 Å². The monoisotopic (exact) mass is 675 g/mol. The highest BCUT2D eigenvalue weighted by Crippen LogP contribution is 2.51. The molecule has 5 nitrogen and oxygen atoms in total. The summed E-state index contributed by atoms with van der Waals surface area (Å²) in [5.41, 5.74) is 1.49. The molecule has 0 amide bonds. The summed E-state index contributed by atoms with van der Waals surface area (Å²) >= 11 is 0. The maximum Gasteiger partial charge on any atom is 0.508 e. The second-order valence-corrected chi connectivity index (χ2v) is 16.7. The zero-order chi connectivity index (χ0) is 34.5. The first-order valence-corrected chi connectivity index (χ1v) is 18.4. The molecule has 0 saturated heterocycles. The zero-order valence-electron chi connectivity index (χ0n) is 29.0. The fourth-order valence-corrected chi connectivity index (χ4v) is 9.24. The first-order valence-electron chi connectivity index (χ1n) is 16.2. The van der Waals surface area contributed by atoms with Crippen LogP contribution < -0.4 is 4.74 Å². The van der Waals surface area contributed by atoms with E-state index < -0.39 is 30.9 Å². The molecule has 250 valence electrons. The van der Waals surface area contributed by atoms with Gasteiger partial charge in [0.1, 0.15) is 28.7 Å². The van der Waals surface area contributed by atoms with Crippen molar-refractivity contribution in [3.05, 3.63) is 119 Å².